The second-order valence-corrected chi connectivity index (χ2v) is 5.41. The summed E-state index contributed by atoms with van der Waals surface area (Å²) < 4.78 is 37.9. The molecule has 4 heteroatoms. The molecule has 1 aliphatic carbocycles. The van der Waals surface area contributed by atoms with Gasteiger partial charge in [-0.2, -0.15) is 13.2 Å². The number of halogens is 3. The molecule has 1 saturated carbocycles. The number of alkyl halides is 3. The fourth-order valence-corrected chi connectivity index (χ4v) is 3.04. The van der Waals surface area contributed by atoms with Gasteiger partial charge in [-0.3, -0.25) is 0 Å². The van der Waals surface area contributed by atoms with Crippen molar-refractivity contribution in [1.29, 1.82) is 0 Å². The average Bonchev–Trinajstić information content (AvgIpc) is 2.37. The normalized spacial score (nSPS) is 25.8. The Hall–Kier alpha value is -0.690. The van der Waals surface area contributed by atoms with Crippen LogP contribution in [0.3, 0.4) is 0 Å². The lowest BCUT2D eigenvalue weighted by molar-refractivity contribution is -0.184. The van der Waals surface area contributed by atoms with E-state index >= 15 is 0 Å². The van der Waals surface area contributed by atoms with Gasteiger partial charge in [0.25, 0.3) is 0 Å². The molecule has 0 amide bonds. The molecule has 1 nitrogen and oxygen atoms in total. The zero-order valence-electron chi connectivity index (χ0n) is 11.6. The summed E-state index contributed by atoms with van der Waals surface area (Å²) in [6, 6.07) is 0.326. The van der Waals surface area contributed by atoms with Gasteiger partial charge in [-0.05, 0) is 51.0 Å². The van der Waals surface area contributed by atoms with E-state index in [9.17, 15) is 13.2 Å². The number of nitrogens with one attached hydrogen (secondary N) is 1. The number of hydrogen-bond acceptors (Lipinski definition) is 1. The molecule has 1 atom stereocenters. The van der Waals surface area contributed by atoms with Gasteiger partial charge >= 0.3 is 6.18 Å². The van der Waals surface area contributed by atoms with E-state index in [4.69, 9.17) is 6.42 Å². The van der Waals surface area contributed by atoms with Crippen LogP contribution in [0.25, 0.3) is 0 Å². The Morgan fingerprint density at radius 3 is 2.37 bits per heavy atom. The topological polar surface area (TPSA) is 12.0 Å². The molecule has 0 saturated heterocycles. The van der Waals surface area contributed by atoms with Crippen molar-refractivity contribution >= 4 is 0 Å². The molecule has 0 aromatic heterocycles. The van der Waals surface area contributed by atoms with E-state index in [1.54, 1.807) is 0 Å². The van der Waals surface area contributed by atoms with Crippen LogP contribution < -0.4 is 5.32 Å². The van der Waals surface area contributed by atoms with Crippen LogP contribution >= 0.6 is 0 Å². The minimum atomic E-state index is -4.01. The summed E-state index contributed by atoms with van der Waals surface area (Å²) in [6.07, 6.45) is 5.82. The van der Waals surface area contributed by atoms with Gasteiger partial charge in [0.1, 0.15) is 0 Å². The maximum Gasteiger partial charge on any atom is 0.391 e. The summed E-state index contributed by atoms with van der Waals surface area (Å²) in [5.41, 5.74) is 0. The van der Waals surface area contributed by atoms with Crippen molar-refractivity contribution in [3.8, 4) is 12.3 Å². The van der Waals surface area contributed by atoms with Gasteiger partial charge in [0, 0.05) is 12.5 Å². The molecule has 0 aromatic rings. The molecule has 1 unspecified atom stereocenters. The van der Waals surface area contributed by atoms with Crippen molar-refractivity contribution in [3.63, 3.8) is 0 Å². The van der Waals surface area contributed by atoms with Gasteiger partial charge in [-0.1, -0.05) is 6.92 Å². The summed E-state index contributed by atoms with van der Waals surface area (Å²) in [5, 5.41) is 3.41. The molecule has 0 radical (unpaired) electrons. The van der Waals surface area contributed by atoms with Gasteiger partial charge in [-0.25, -0.2) is 0 Å². The number of rotatable bonds is 6. The molecule has 0 bridgehead atoms. The lowest BCUT2D eigenvalue weighted by Gasteiger charge is -2.35. The second-order valence-electron chi connectivity index (χ2n) is 5.41. The standard InChI is InChI=1S/C15H24F3N/c1-3-5-6-7-14(19-4-2)12-8-10-13(11-9-12)15(16,17)18/h1,12-14,19H,4-11H2,2H3. The van der Waals surface area contributed by atoms with Crippen molar-refractivity contribution in [2.45, 2.75) is 64.1 Å². The van der Waals surface area contributed by atoms with Crippen molar-refractivity contribution in [3.05, 3.63) is 0 Å². The van der Waals surface area contributed by atoms with E-state index in [0.29, 0.717) is 24.8 Å². The number of hydrogen-bond donors (Lipinski definition) is 1. The smallest absolute Gasteiger partial charge is 0.314 e. The molecule has 1 aliphatic rings. The van der Waals surface area contributed by atoms with Crippen LogP contribution in [0.5, 0.6) is 0 Å². The predicted octanol–water partition coefficient (Wildman–Crippen LogP) is 4.14. The van der Waals surface area contributed by atoms with E-state index < -0.39 is 12.1 Å². The third-order valence-corrected chi connectivity index (χ3v) is 4.11. The van der Waals surface area contributed by atoms with Crippen LogP contribution in [0.1, 0.15) is 51.9 Å². The highest BCUT2D eigenvalue weighted by molar-refractivity contribution is 4.87. The van der Waals surface area contributed by atoms with Gasteiger partial charge in [0.05, 0.1) is 5.92 Å². The Morgan fingerprint density at radius 2 is 1.89 bits per heavy atom. The van der Waals surface area contributed by atoms with Crippen LogP contribution in [0, 0.1) is 24.2 Å². The highest BCUT2D eigenvalue weighted by Crippen LogP contribution is 2.40. The molecular formula is C15H24F3N. The Labute approximate surface area is 114 Å². The fraction of sp³-hybridized carbons (Fsp3) is 0.867. The van der Waals surface area contributed by atoms with Crippen LogP contribution in [-0.2, 0) is 0 Å². The number of terminal acetylenes is 1. The fourth-order valence-electron chi connectivity index (χ4n) is 3.04. The minimum Gasteiger partial charge on any atom is -0.314 e. The first-order valence-corrected chi connectivity index (χ1v) is 7.22. The van der Waals surface area contributed by atoms with E-state index in [2.05, 4.69) is 11.2 Å². The molecule has 1 rings (SSSR count). The van der Waals surface area contributed by atoms with Crippen LogP contribution in [0.4, 0.5) is 13.2 Å². The summed E-state index contributed by atoms with van der Waals surface area (Å²) in [7, 11) is 0. The zero-order valence-corrected chi connectivity index (χ0v) is 11.6. The highest BCUT2D eigenvalue weighted by Gasteiger charge is 2.42. The monoisotopic (exact) mass is 275 g/mol. The Morgan fingerprint density at radius 1 is 1.26 bits per heavy atom. The van der Waals surface area contributed by atoms with E-state index in [1.807, 2.05) is 6.92 Å². The van der Waals surface area contributed by atoms with Crippen molar-refractivity contribution in [2.75, 3.05) is 6.54 Å². The van der Waals surface area contributed by atoms with Crippen LogP contribution in [0.2, 0.25) is 0 Å². The molecule has 0 heterocycles. The summed E-state index contributed by atoms with van der Waals surface area (Å²) in [6.45, 7) is 2.90. The Bertz CT molecular complexity index is 285. The molecular weight excluding hydrogens is 251 g/mol. The largest absolute Gasteiger partial charge is 0.391 e. The van der Waals surface area contributed by atoms with Gasteiger partial charge in [0.15, 0.2) is 0 Å². The maximum absolute atomic E-state index is 12.6. The second kappa shape index (κ2) is 7.79. The first-order chi connectivity index (χ1) is 8.99. The predicted molar refractivity (Wildman–Crippen MR) is 71.7 cm³/mol. The quantitative estimate of drug-likeness (QED) is 0.567. The van der Waals surface area contributed by atoms with Gasteiger partial charge in [0.2, 0.25) is 0 Å². The van der Waals surface area contributed by atoms with E-state index in [-0.39, 0.29) is 12.8 Å². The lowest BCUT2D eigenvalue weighted by atomic mass is 9.77. The molecule has 19 heavy (non-hydrogen) atoms. The van der Waals surface area contributed by atoms with Gasteiger partial charge in [-0.15, -0.1) is 12.3 Å². The summed E-state index contributed by atoms with van der Waals surface area (Å²) in [5.74, 6) is 1.90. The first-order valence-electron chi connectivity index (χ1n) is 7.22. The molecule has 110 valence electrons. The average molecular weight is 275 g/mol. The lowest BCUT2D eigenvalue weighted by Crippen LogP contribution is -2.39. The molecule has 1 N–H and O–H groups in total. The number of unbranched alkanes of at least 4 members (excludes halogenated alkanes) is 1. The highest BCUT2D eigenvalue weighted by atomic mass is 19.4. The SMILES string of the molecule is C#CCCCC(NCC)C1CCC(C(F)(F)F)CC1. The van der Waals surface area contributed by atoms with Crippen molar-refractivity contribution in [2.24, 2.45) is 11.8 Å². The Kier molecular flexibility index (Phi) is 6.71. The molecule has 0 spiro atoms. The first kappa shape index (κ1) is 16.4. The van der Waals surface area contributed by atoms with Crippen LogP contribution in [0.15, 0.2) is 0 Å². The zero-order chi connectivity index (χ0) is 14.3. The van der Waals surface area contributed by atoms with E-state index in [0.717, 1.165) is 25.8 Å². The minimum absolute atomic E-state index is 0.283. The van der Waals surface area contributed by atoms with Gasteiger partial charge < -0.3 is 5.32 Å². The molecule has 0 aliphatic heterocycles. The van der Waals surface area contributed by atoms with E-state index in [1.165, 1.54) is 0 Å². The Balaban J connectivity index is 2.43. The van der Waals surface area contributed by atoms with Crippen LogP contribution in [-0.4, -0.2) is 18.8 Å². The third kappa shape index (κ3) is 5.44. The van der Waals surface area contributed by atoms with Crippen molar-refractivity contribution < 1.29 is 13.2 Å². The molecule has 1 fully saturated rings. The third-order valence-electron chi connectivity index (χ3n) is 4.11. The summed E-state index contributed by atoms with van der Waals surface area (Å²) >= 11 is 0. The van der Waals surface area contributed by atoms with Crippen molar-refractivity contribution in [1.82, 2.24) is 5.32 Å². The molecule has 0 aromatic carbocycles. The summed E-state index contributed by atoms with van der Waals surface area (Å²) in [4.78, 5) is 0. The maximum atomic E-state index is 12.6.